The number of nitrogens with zero attached hydrogens (tertiary/aromatic N) is 2. The lowest BCUT2D eigenvalue weighted by Crippen LogP contribution is -2.63. The third-order valence-corrected chi connectivity index (χ3v) is 6.38. The fourth-order valence-corrected chi connectivity index (χ4v) is 4.50. The van der Waals surface area contributed by atoms with Crippen LogP contribution in [-0.4, -0.2) is 26.8 Å². The van der Waals surface area contributed by atoms with E-state index in [-0.39, 0.29) is 24.2 Å². The van der Waals surface area contributed by atoms with Crippen LogP contribution in [0.25, 0.3) is 10.9 Å². The Hall–Kier alpha value is -3.93. The van der Waals surface area contributed by atoms with Gasteiger partial charge in [0.1, 0.15) is 17.1 Å². The van der Waals surface area contributed by atoms with E-state index in [4.69, 9.17) is 0 Å². The zero-order chi connectivity index (χ0) is 23.0. The molecule has 6 heteroatoms. The van der Waals surface area contributed by atoms with Crippen molar-refractivity contribution in [3.8, 4) is 0 Å². The predicted octanol–water partition coefficient (Wildman–Crippen LogP) is 4.51. The maximum absolute atomic E-state index is 13.7. The van der Waals surface area contributed by atoms with Gasteiger partial charge in [-0.15, -0.1) is 0 Å². The molecular formula is C27H24FN3O2. The van der Waals surface area contributed by atoms with Crippen LogP contribution < -0.4 is 5.32 Å². The molecule has 2 heterocycles. The molecule has 166 valence electrons. The normalized spacial score (nSPS) is 17.8. The highest BCUT2D eigenvalue weighted by Crippen LogP contribution is 2.33. The lowest BCUT2D eigenvalue weighted by atomic mass is 9.93. The van der Waals surface area contributed by atoms with Crippen LogP contribution in [0.15, 0.2) is 84.9 Å². The van der Waals surface area contributed by atoms with Gasteiger partial charge in [0.25, 0.3) is 5.91 Å². The van der Waals surface area contributed by atoms with Gasteiger partial charge in [-0.05, 0) is 42.3 Å². The Kier molecular flexibility index (Phi) is 5.21. The van der Waals surface area contributed by atoms with Gasteiger partial charge in [-0.3, -0.25) is 9.59 Å². The third kappa shape index (κ3) is 3.78. The number of halogens is 1. The molecule has 1 atom stereocenters. The van der Waals surface area contributed by atoms with Crippen LogP contribution in [0, 0.1) is 5.82 Å². The number of carbonyl (C=O) groups is 2. The molecule has 0 aliphatic carbocycles. The Bertz CT molecular complexity index is 1330. The van der Waals surface area contributed by atoms with Crippen molar-refractivity contribution in [3.63, 3.8) is 0 Å². The van der Waals surface area contributed by atoms with Gasteiger partial charge >= 0.3 is 0 Å². The van der Waals surface area contributed by atoms with Gasteiger partial charge in [-0.2, -0.15) is 0 Å². The van der Waals surface area contributed by atoms with E-state index < -0.39 is 5.54 Å². The molecule has 1 N–H and O–H groups in total. The van der Waals surface area contributed by atoms with Crippen molar-refractivity contribution in [2.75, 3.05) is 0 Å². The highest BCUT2D eigenvalue weighted by atomic mass is 19.1. The van der Waals surface area contributed by atoms with E-state index in [1.165, 1.54) is 12.1 Å². The van der Waals surface area contributed by atoms with E-state index in [0.717, 1.165) is 22.0 Å². The number of benzene rings is 3. The molecule has 3 aromatic carbocycles. The van der Waals surface area contributed by atoms with Crippen LogP contribution in [0.5, 0.6) is 0 Å². The minimum Gasteiger partial charge on any atom is -0.350 e. The Labute approximate surface area is 191 Å². The average Bonchev–Trinajstić information content (AvgIpc) is 3.20. The number of hydrogen-bond donors (Lipinski definition) is 1. The Morgan fingerprint density at radius 2 is 1.67 bits per heavy atom. The molecular weight excluding hydrogens is 417 g/mol. The number of nitrogens with one attached hydrogen (secondary N) is 1. The molecule has 1 aromatic heterocycles. The minimum atomic E-state index is -1.13. The van der Waals surface area contributed by atoms with Crippen molar-refractivity contribution in [2.24, 2.45) is 0 Å². The summed E-state index contributed by atoms with van der Waals surface area (Å²) in [6, 6.07) is 25.4. The van der Waals surface area contributed by atoms with Gasteiger partial charge in [0.2, 0.25) is 5.91 Å². The predicted molar refractivity (Wildman–Crippen MR) is 125 cm³/mol. The number of hydrogen-bond acceptors (Lipinski definition) is 2. The van der Waals surface area contributed by atoms with Crippen molar-refractivity contribution in [1.82, 2.24) is 14.8 Å². The van der Waals surface area contributed by atoms with Crippen LogP contribution in [-0.2, 0) is 24.4 Å². The number of para-hydroxylation sites is 1. The molecule has 2 amide bonds. The van der Waals surface area contributed by atoms with Crippen molar-refractivity contribution < 1.29 is 14.0 Å². The maximum Gasteiger partial charge on any atom is 0.271 e. The summed E-state index contributed by atoms with van der Waals surface area (Å²) in [5, 5.41) is 3.97. The number of aromatic nitrogens is 1. The van der Waals surface area contributed by atoms with E-state index in [1.807, 2.05) is 65.2 Å². The first-order valence-corrected chi connectivity index (χ1v) is 10.9. The van der Waals surface area contributed by atoms with Gasteiger partial charge in [-0.25, -0.2) is 4.39 Å². The standard InChI is InChI=1S/C27H24FN3O2/c1-27(26(33)29-16-19-7-3-2-4-8-19)18-30-23-10-6-5-9-21(23)15-24(30)25(32)31(27)17-20-11-13-22(28)14-12-20/h2-15H,16-18H2,1H3,(H,29,33). The zero-order valence-corrected chi connectivity index (χ0v) is 18.3. The quantitative estimate of drug-likeness (QED) is 0.495. The van der Waals surface area contributed by atoms with Gasteiger partial charge in [0.05, 0.1) is 6.54 Å². The van der Waals surface area contributed by atoms with Crippen LogP contribution in [0.2, 0.25) is 0 Å². The second-order valence-electron chi connectivity index (χ2n) is 8.63. The van der Waals surface area contributed by atoms with Gasteiger partial charge in [-0.1, -0.05) is 60.7 Å². The van der Waals surface area contributed by atoms with E-state index in [2.05, 4.69) is 5.32 Å². The molecule has 1 unspecified atom stereocenters. The number of fused-ring (bicyclic) bond motifs is 3. The minimum absolute atomic E-state index is 0.204. The molecule has 0 fully saturated rings. The summed E-state index contributed by atoms with van der Waals surface area (Å²) < 4.78 is 15.4. The molecule has 0 saturated heterocycles. The number of rotatable bonds is 5. The summed E-state index contributed by atoms with van der Waals surface area (Å²) in [7, 11) is 0. The Morgan fingerprint density at radius 1 is 0.970 bits per heavy atom. The first-order valence-electron chi connectivity index (χ1n) is 10.9. The fraction of sp³-hybridized carbons (Fsp3) is 0.185. The third-order valence-electron chi connectivity index (χ3n) is 6.38. The van der Waals surface area contributed by atoms with Crippen LogP contribution in [0.4, 0.5) is 4.39 Å². The maximum atomic E-state index is 13.7. The zero-order valence-electron chi connectivity index (χ0n) is 18.3. The molecule has 0 spiro atoms. The van der Waals surface area contributed by atoms with Crippen molar-refractivity contribution in [2.45, 2.75) is 32.1 Å². The van der Waals surface area contributed by atoms with Crippen molar-refractivity contribution in [3.05, 3.63) is 108 Å². The Balaban J connectivity index is 1.53. The van der Waals surface area contributed by atoms with Crippen molar-refractivity contribution >= 4 is 22.7 Å². The molecule has 0 saturated carbocycles. The lowest BCUT2D eigenvalue weighted by molar-refractivity contribution is -0.133. The second kappa shape index (κ2) is 8.20. The summed E-state index contributed by atoms with van der Waals surface area (Å²) in [5.41, 5.74) is 2.08. The molecule has 5 rings (SSSR count). The van der Waals surface area contributed by atoms with E-state index in [9.17, 15) is 14.0 Å². The molecule has 33 heavy (non-hydrogen) atoms. The summed E-state index contributed by atoms with van der Waals surface area (Å²) in [5.74, 6) is -0.795. The van der Waals surface area contributed by atoms with E-state index >= 15 is 0 Å². The molecule has 5 nitrogen and oxygen atoms in total. The largest absolute Gasteiger partial charge is 0.350 e. The summed E-state index contributed by atoms with van der Waals surface area (Å²) in [6.07, 6.45) is 0. The monoisotopic (exact) mass is 441 g/mol. The SMILES string of the molecule is CC1(C(=O)NCc2ccccc2)Cn2c(cc3ccccc32)C(=O)N1Cc1ccc(F)cc1. The lowest BCUT2D eigenvalue weighted by Gasteiger charge is -2.44. The average molecular weight is 442 g/mol. The van der Waals surface area contributed by atoms with Gasteiger partial charge < -0.3 is 14.8 Å². The topological polar surface area (TPSA) is 54.3 Å². The molecule has 1 aliphatic heterocycles. The highest BCUT2D eigenvalue weighted by Gasteiger charge is 2.47. The first kappa shape index (κ1) is 20.9. The number of amides is 2. The molecule has 0 bridgehead atoms. The van der Waals surface area contributed by atoms with E-state index in [1.54, 1.807) is 24.0 Å². The first-order chi connectivity index (χ1) is 16.0. The molecule has 1 aliphatic rings. The molecule has 0 radical (unpaired) electrons. The van der Waals surface area contributed by atoms with Crippen LogP contribution in [0.1, 0.15) is 28.5 Å². The van der Waals surface area contributed by atoms with Crippen molar-refractivity contribution in [1.29, 1.82) is 0 Å². The highest BCUT2D eigenvalue weighted by molar-refractivity contribution is 6.03. The summed E-state index contributed by atoms with van der Waals surface area (Å²) >= 11 is 0. The van der Waals surface area contributed by atoms with E-state index in [0.29, 0.717) is 18.8 Å². The summed E-state index contributed by atoms with van der Waals surface area (Å²) in [6.45, 7) is 2.69. The number of carbonyl (C=O) groups excluding carboxylic acids is 2. The second-order valence-corrected chi connectivity index (χ2v) is 8.63. The Morgan fingerprint density at radius 3 is 2.42 bits per heavy atom. The fourth-order valence-electron chi connectivity index (χ4n) is 4.50. The van der Waals surface area contributed by atoms with Gasteiger partial charge in [0.15, 0.2) is 0 Å². The van der Waals surface area contributed by atoms with Gasteiger partial charge in [0, 0.05) is 24.0 Å². The smallest absolute Gasteiger partial charge is 0.271 e. The summed E-state index contributed by atoms with van der Waals surface area (Å²) in [4.78, 5) is 28.9. The van der Waals surface area contributed by atoms with Crippen LogP contribution >= 0.6 is 0 Å². The van der Waals surface area contributed by atoms with Crippen LogP contribution in [0.3, 0.4) is 0 Å². The molecule has 4 aromatic rings.